The third kappa shape index (κ3) is 3.81. The highest BCUT2D eigenvalue weighted by atomic mass is 32.1. The summed E-state index contributed by atoms with van der Waals surface area (Å²) in [6.07, 6.45) is 2.85. The van der Waals surface area contributed by atoms with Crippen LogP contribution in [0.3, 0.4) is 0 Å². The molecular formula is C11H20N4S. The number of thiocarbonyl (C=S) groups is 1. The number of anilines is 1. The van der Waals surface area contributed by atoms with Gasteiger partial charge < -0.3 is 10.6 Å². The molecule has 0 radical (unpaired) electrons. The van der Waals surface area contributed by atoms with Crippen LogP contribution in [0.25, 0.3) is 0 Å². The van der Waals surface area contributed by atoms with Crippen molar-refractivity contribution in [2.45, 2.75) is 27.2 Å². The maximum absolute atomic E-state index is 5.21. The van der Waals surface area contributed by atoms with Crippen LogP contribution in [0, 0.1) is 5.92 Å². The minimum atomic E-state index is 0.583. The normalized spacial score (nSPS) is 10.6. The zero-order chi connectivity index (χ0) is 12.1. The van der Waals surface area contributed by atoms with Crippen LogP contribution in [-0.4, -0.2) is 21.4 Å². The van der Waals surface area contributed by atoms with Crippen LogP contribution in [0.2, 0.25) is 0 Å². The largest absolute Gasteiger partial charge is 0.362 e. The highest BCUT2D eigenvalue weighted by molar-refractivity contribution is 7.80. The molecule has 0 aliphatic heterocycles. The van der Waals surface area contributed by atoms with Crippen LogP contribution in [-0.2, 0) is 13.5 Å². The lowest BCUT2D eigenvalue weighted by molar-refractivity contribution is 0.627. The molecule has 1 rings (SSSR count). The topological polar surface area (TPSA) is 41.9 Å². The van der Waals surface area contributed by atoms with Crippen molar-refractivity contribution in [2.24, 2.45) is 13.0 Å². The zero-order valence-electron chi connectivity index (χ0n) is 10.4. The Morgan fingerprint density at radius 3 is 2.81 bits per heavy atom. The van der Waals surface area contributed by atoms with Gasteiger partial charge in [0.2, 0.25) is 0 Å². The Morgan fingerprint density at radius 1 is 1.56 bits per heavy atom. The number of nitrogens with one attached hydrogen (secondary N) is 2. The quantitative estimate of drug-likeness (QED) is 0.789. The van der Waals surface area contributed by atoms with E-state index in [1.165, 1.54) is 0 Å². The first-order valence-corrected chi connectivity index (χ1v) is 6.01. The molecule has 4 nitrogen and oxygen atoms in total. The van der Waals surface area contributed by atoms with Crippen LogP contribution in [0.5, 0.6) is 0 Å². The van der Waals surface area contributed by atoms with Gasteiger partial charge in [0.1, 0.15) is 0 Å². The summed E-state index contributed by atoms with van der Waals surface area (Å²) in [4.78, 5) is 0. The Labute approximate surface area is 102 Å². The van der Waals surface area contributed by atoms with Gasteiger partial charge >= 0.3 is 0 Å². The van der Waals surface area contributed by atoms with Gasteiger partial charge in [0.15, 0.2) is 5.11 Å². The number of aryl methyl sites for hydroxylation is 2. The van der Waals surface area contributed by atoms with Gasteiger partial charge in [0.05, 0.1) is 11.4 Å². The fourth-order valence-electron chi connectivity index (χ4n) is 1.36. The maximum atomic E-state index is 5.21. The van der Waals surface area contributed by atoms with E-state index in [0.717, 1.165) is 24.3 Å². The van der Waals surface area contributed by atoms with Crippen molar-refractivity contribution < 1.29 is 0 Å². The Hall–Kier alpha value is -1.10. The summed E-state index contributed by atoms with van der Waals surface area (Å²) in [5.41, 5.74) is 2.03. The second-order valence-corrected chi connectivity index (χ2v) is 4.65. The van der Waals surface area contributed by atoms with E-state index >= 15 is 0 Å². The summed E-state index contributed by atoms with van der Waals surface area (Å²) in [6, 6.07) is 0. The fraction of sp³-hybridized carbons (Fsp3) is 0.636. The molecule has 0 spiro atoms. The molecule has 16 heavy (non-hydrogen) atoms. The van der Waals surface area contributed by atoms with Crippen LogP contribution in [0.1, 0.15) is 26.5 Å². The molecule has 0 fully saturated rings. The van der Waals surface area contributed by atoms with E-state index in [1.807, 2.05) is 13.2 Å². The number of rotatable bonds is 4. The first-order chi connectivity index (χ1) is 7.52. The average molecular weight is 240 g/mol. The van der Waals surface area contributed by atoms with Gasteiger partial charge in [-0.15, -0.1) is 0 Å². The first-order valence-electron chi connectivity index (χ1n) is 5.60. The molecule has 0 unspecified atom stereocenters. The fourth-order valence-corrected chi connectivity index (χ4v) is 1.56. The average Bonchev–Trinajstić information content (AvgIpc) is 2.55. The molecule has 0 saturated heterocycles. The van der Waals surface area contributed by atoms with Crippen molar-refractivity contribution in [3.63, 3.8) is 0 Å². The number of nitrogens with zero attached hydrogens (tertiary/aromatic N) is 2. The SMILES string of the molecule is CCc1nn(C)cc1NC(=S)NCC(C)C. The van der Waals surface area contributed by atoms with Crippen molar-refractivity contribution >= 4 is 23.0 Å². The number of hydrogen-bond acceptors (Lipinski definition) is 2. The van der Waals surface area contributed by atoms with Gasteiger partial charge in [-0.25, -0.2) is 0 Å². The Bertz CT molecular complexity index is 357. The lowest BCUT2D eigenvalue weighted by Gasteiger charge is -2.11. The van der Waals surface area contributed by atoms with Gasteiger partial charge in [0, 0.05) is 19.8 Å². The van der Waals surface area contributed by atoms with E-state index in [0.29, 0.717) is 11.0 Å². The molecule has 0 saturated carbocycles. The van der Waals surface area contributed by atoms with E-state index in [-0.39, 0.29) is 0 Å². The van der Waals surface area contributed by atoms with Crippen LogP contribution in [0.4, 0.5) is 5.69 Å². The molecule has 1 heterocycles. The zero-order valence-corrected chi connectivity index (χ0v) is 11.2. The van der Waals surface area contributed by atoms with Gasteiger partial charge in [-0.05, 0) is 24.6 Å². The Balaban J connectivity index is 2.55. The molecule has 0 bridgehead atoms. The van der Waals surface area contributed by atoms with Crippen LogP contribution >= 0.6 is 12.2 Å². The molecule has 1 aromatic rings. The standard InChI is InChI=1S/C11H20N4S/c1-5-9-10(7-15(4)14-9)13-11(16)12-6-8(2)3/h7-8H,5-6H2,1-4H3,(H2,12,13,16). The van der Waals surface area contributed by atoms with E-state index < -0.39 is 0 Å². The molecule has 90 valence electrons. The third-order valence-corrected chi connectivity index (χ3v) is 2.41. The van der Waals surface area contributed by atoms with Gasteiger partial charge in [-0.1, -0.05) is 20.8 Å². The molecule has 5 heteroatoms. The minimum absolute atomic E-state index is 0.583. The van der Waals surface area contributed by atoms with Crippen molar-refractivity contribution in [3.05, 3.63) is 11.9 Å². The number of aromatic nitrogens is 2. The minimum Gasteiger partial charge on any atom is -0.362 e. The highest BCUT2D eigenvalue weighted by Crippen LogP contribution is 2.13. The summed E-state index contributed by atoms with van der Waals surface area (Å²) in [5.74, 6) is 0.583. The van der Waals surface area contributed by atoms with Crippen LogP contribution in [0.15, 0.2) is 6.20 Å². The molecule has 0 aromatic carbocycles. The van der Waals surface area contributed by atoms with Crippen LogP contribution < -0.4 is 10.6 Å². The summed E-state index contributed by atoms with van der Waals surface area (Å²) in [6.45, 7) is 7.26. The summed E-state index contributed by atoms with van der Waals surface area (Å²) < 4.78 is 1.80. The predicted octanol–water partition coefficient (Wildman–Crippen LogP) is 1.92. The predicted molar refractivity (Wildman–Crippen MR) is 71.6 cm³/mol. The molecule has 0 amide bonds. The molecule has 0 aliphatic carbocycles. The van der Waals surface area contributed by atoms with E-state index in [4.69, 9.17) is 12.2 Å². The third-order valence-electron chi connectivity index (χ3n) is 2.16. The summed E-state index contributed by atoms with van der Waals surface area (Å²) >= 11 is 5.21. The maximum Gasteiger partial charge on any atom is 0.170 e. The van der Waals surface area contributed by atoms with Crippen molar-refractivity contribution in [2.75, 3.05) is 11.9 Å². The monoisotopic (exact) mass is 240 g/mol. The molecule has 0 aliphatic rings. The molecular weight excluding hydrogens is 220 g/mol. The number of hydrogen-bond donors (Lipinski definition) is 2. The summed E-state index contributed by atoms with van der Waals surface area (Å²) in [5, 5.41) is 11.4. The van der Waals surface area contributed by atoms with Crippen molar-refractivity contribution in [1.29, 1.82) is 0 Å². The molecule has 2 N–H and O–H groups in total. The van der Waals surface area contributed by atoms with E-state index in [9.17, 15) is 0 Å². The Kier molecular flexibility index (Phi) is 4.73. The van der Waals surface area contributed by atoms with Gasteiger partial charge in [-0.3, -0.25) is 4.68 Å². The first kappa shape index (κ1) is 13.0. The second kappa shape index (κ2) is 5.84. The van der Waals surface area contributed by atoms with Gasteiger partial charge in [0.25, 0.3) is 0 Å². The molecule has 1 aromatic heterocycles. The lowest BCUT2D eigenvalue weighted by atomic mass is 10.2. The lowest BCUT2D eigenvalue weighted by Crippen LogP contribution is -2.31. The Morgan fingerprint density at radius 2 is 2.25 bits per heavy atom. The molecule has 0 atom stereocenters. The second-order valence-electron chi connectivity index (χ2n) is 4.25. The van der Waals surface area contributed by atoms with Crippen molar-refractivity contribution in [1.82, 2.24) is 15.1 Å². The smallest absolute Gasteiger partial charge is 0.170 e. The van der Waals surface area contributed by atoms with Crippen molar-refractivity contribution in [3.8, 4) is 0 Å². The van der Waals surface area contributed by atoms with Gasteiger partial charge in [-0.2, -0.15) is 5.10 Å². The van der Waals surface area contributed by atoms with E-state index in [2.05, 4.69) is 36.5 Å². The summed E-state index contributed by atoms with van der Waals surface area (Å²) in [7, 11) is 1.91. The van der Waals surface area contributed by atoms with E-state index in [1.54, 1.807) is 4.68 Å². The highest BCUT2D eigenvalue weighted by Gasteiger charge is 2.07.